The number of carboxylic acids is 1. The molecule has 0 spiro atoms. The molecule has 1 aromatic heterocycles. The summed E-state index contributed by atoms with van der Waals surface area (Å²) in [4.78, 5) is 30.5. The lowest BCUT2D eigenvalue weighted by Gasteiger charge is -2.27. The zero-order chi connectivity index (χ0) is 24.5. The summed E-state index contributed by atoms with van der Waals surface area (Å²) < 4.78 is 7.07. The van der Waals surface area contributed by atoms with E-state index in [4.69, 9.17) is 9.72 Å². The average Bonchev–Trinajstić information content (AvgIpc) is 3.27. The summed E-state index contributed by atoms with van der Waals surface area (Å²) in [7, 11) is 1.40. The van der Waals surface area contributed by atoms with Gasteiger partial charge in [0.05, 0.1) is 42.9 Å². The lowest BCUT2D eigenvalue weighted by atomic mass is 9.88. The van der Waals surface area contributed by atoms with Crippen LogP contribution in [0.3, 0.4) is 0 Å². The second kappa shape index (κ2) is 9.70. The summed E-state index contributed by atoms with van der Waals surface area (Å²) in [5, 5.41) is 20.5. The number of nitrogens with zero attached hydrogens (tertiary/aromatic N) is 3. The van der Waals surface area contributed by atoms with E-state index >= 15 is 0 Å². The van der Waals surface area contributed by atoms with Crippen LogP contribution in [0.15, 0.2) is 36.4 Å². The number of amides is 1. The number of carbonyl (C=O) groups excluding carboxylic acids is 1. The fourth-order valence-electron chi connectivity index (χ4n) is 5.55. The Morgan fingerprint density at radius 3 is 2.71 bits per heavy atom. The van der Waals surface area contributed by atoms with E-state index < -0.39 is 12.1 Å². The number of aromatic nitrogens is 2. The molecule has 1 aliphatic heterocycles. The van der Waals surface area contributed by atoms with Crippen LogP contribution in [0.4, 0.5) is 4.79 Å². The van der Waals surface area contributed by atoms with Crippen LogP contribution in [0.1, 0.15) is 77.0 Å². The smallest absolute Gasteiger partial charge is 0.409 e. The number of aliphatic hydroxyl groups is 1. The summed E-state index contributed by atoms with van der Waals surface area (Å²) in [6.45, 7) is 1.34. The molecule has 2 aromatic carbocycles. The minimum Gasteiger partial charge on any atom is -0.478 e. The highest BCUT2D eigenvalue weighted by atomic mass is 16.5. The molecular weight excluding hydrogens is 446 g/mol. The summed E-state index contributed by atoms with van der Waals surface area (Å²) in [5.41, 5.74) is 4.76. The summed E-state index contributed by atoms with van der Waals surface area (Å²) in [5.74, 6) is 0.262. The Hall–Kier alpha value is -3.39. The number of aliphatic hydroxyl groups excluding tert-OH is 1. The van der Waals surface area contributed by atoms with Crippen LogP contribution in [-0.2, 0) is 24.2 Å². The summed E-state index contributed by atoms with van der Waals surface area (Å²) in [6, 6.07) is 10.6. The third-order valence-electron chi connectivity index (χ3n) is 7.43. The molecule has 3 aromatic rings. The maximum Gasteiger partial charge on any atom is 0.409 e. The van der Waals surface area contributed by atoms with E-state index in [2.05, 4.69) is 16.7 Å². The first-order valence-electron chi connectivity index (χ1n) is 12.3. The second-order valence-electron chi connectivity index (χ2n) is 9.57. The lowest BCUT2D eigenvalue weighted by Crippen LogP contribution is -2.35. The molecule has 1 amide bonds. The van der Waals surface area contributed by atoms with Crippen molar-refractivity contribution in [3.63, 3.8) is 0 Å². The van der Waals surface area contributed by atoms with Crippen LogP contribution in [0.5, 0.6) is 0 Å². The highest BCUT2D eigenvalue weighted by Crippen LogP contribution is 2.37. The van der Waals surface area contributed by atoms with E-state index in [1.807, 2.05) is 0 Å². The number of fused-ring (bicyclic) bond motifs is 3. The molecule has 2 N–H and O–H groups in total. The van der Waals surface area contributed by atoms with Crippen molar-refractivity contribution >= 4 is 23.1 Å². The molecular formula is C27H31N3O5. The van der Waals surface area contributed by atoms with Crippen molar-refractivity contribution in [2.45, 2.75) is 63.6 Å². The number of rotatable bonds is 5. The number of carboxylic acid groups (broad SMARTS) is 1. The number of imidazole rings is 1. The predicted octanol–water partition coefficient (Wildman–Crippen LogP) is 4.64. The van der Waals surface area contributed by atoms with E-state index in [0.717, 1.165) is 54.5 Å². The fourth-order valence-corrected chi connectivity index (χ4v) is 5.55. The number of hydrogen-bond acceptors (Lipinski definition) is 5. The van der Waals surface area contributed by atoms with Gasteiger partial charge < -0.3 is 24.4 Å². The molecule has 0 bridgehead atoms. The van der Waals surface area contributed by atoms with Gasteiger partial charge in [0.2, 0.25) is 0 Å². The Balaban J connectivity index is 1.57. The second-order valence-corrected chi connectivity index (χ2v) is 9.57. The van der Waals surface area contributed by atoms with E-state index in [0.29, 0.717) is 24.6 Å². The molecule has 8 heteroatoms. The molecule has 35 heavy (non-hydrogen) atoms. The molecule has 184 valence electrons. The third-order valence-corrected chi connectivity index (χ3v) is 7.43. The first-order valence-corrected chi connectivity index (χ1v) is 12.3. The number of benzene rings is 2. The average molecular weight is 478 g/mol. The van der Waals surface area contributed by atoms with Crippen molar-refractivity contribution in [2.75, 3.05) is 13.7 Å². The maximum atomic E-state index is 12.2. The van der Waals surface area contributed by atoms with Gasteiger partial charge in [-0.25, -0.2) is 14.6 Å². The van der Waals surface area contributed by atoms with Crippen LogP contribution < -0.4 is 0 Å². The Morgan fingerprint density at radius 2 is 1.97 bits per heavy atom. The largest absolute Gasteiger partial charge is 0.478 e. The van der Waals surface area contributed by atoms with Crippen LogP contribution in [-0.4, -0.2) is 50.4 Å². The van der Waals surface area contributed by atoms with Crippen molar-refractivity contribution in [2.24, 2.45) is 0 Å². The van der Waals surface area contributed by atoms with Gasteiger partial charge in [0, 0.05) is 18.0 Å². The van der Waals surface area contributed by atoms with Crippen molar-refractivity contribution in [1.29, 1.82) is 0 Å². The Kier molecular flexibility index (Phi) is 6.47. The van der Waals surface area contributed by atoms with Gasteiger partial charge in [-0.2, -0.15) is 0 Å². The maximum absolute atomic E-state index is 12.2. The Labute approximate surface area is 204 Å². The Morgan fingerprint density at radius 1 is 1.17 bits per heavy atom. The fraction of sp³-hybridized carbons (Fsp3) is 0.444. The molecule has 5 rings (SSSR count). The normalized spacial score (nSPS) is 17.3. The van der Waals surface area contributed by atoms with Gasteiger partial charge in [-0.15, -0.1) is 0 Å². The van der Waals surface area contributed by atoms with Gasteiger partial charge in [-0.3, -0.25) is 0 Å². The quantitative estimate of drug-likeness (QED) is 0.555. The van der Waals surface area contributed by atoms with Gasteiger partial charge in [-0.1, -0.05) is 37.5 Å². The van der Waals surface area contributed by atoms with E-state index in [1.165, 1.54) is 31.2 Å². The minimum atomic E-state index is -1.02. The van der Waals surface area contributed by atoms with Gasteiger partial charge in [0.1, 0.15) is 5.82 Å². The number of carbonyl (C=O) groups is 2. The molecule has 2 heterocycles. The number of ether oxygens (including phenoxy) is 1. The highest BCUT2D eigenvalue weighted by Gasteiger charge is 2.28. The predicted molar refractivity (Wildman–Crippen MR) is 130 cm³/mol. The van der Waals surface area contributed by atoms with Crippen LogP contribution in [0.25, 0.3) is 11.0 Å². The first kappa shape index (κ1) is 23.4. The van der Waals surface area contributed by atoms with Gasteiger partial charge in [0.15, 0.2) is 0 Å². The minimum absolute atomic E-state index is 0.154. The van der Waals surface area contributed by atoms with Gasteiger partial charge in [-0.05, 0) is 48.6 Å². The van der Waals surface area contributed by atoms with Crippen LogP contribution >= 0.6 is 0 Å². The molecule has 2 aliphatic rings. The molecule has 1 fully saturated rings. The topological polar surface area (TPSA) is 105 Å². The van der Waals surface area contributed by atoms with Crippen molar-refractivity contribution in [1.82, 2.24) is 14.5 Å². The SMILES string of the molecule is COC(=O)N1CCc2ccc3c(nc(C4CCCCC4)n3C[C@H](O)c3cccc(C(=O)O)c3)c2C1. The first-order chi connectivity index (χ1) is 17.0. The number of hydrogen-bond donors (Lipinski definition) is 2. The number of methoxy groups -OCH3 is 1. The molecule has 1 aliphatic carbocycles. The van der Waals surface area contributed by atoms with Crippen LogP contribution in [0, 0.1) is 0 Å². The molecule has 0 saturated heterocycles. The summed E-state index contributed by atoms with van der Waals surface area (Å²) in [6.07, 6.45) is 5.19. The lowest BCUT2D eigenvalue weighted by molar-refractivity contribution is 0.0696. The van der Waals surface area contributed by atoms with Gasteiger partial charge in [0.25, 0.3) is 0 Å². The molecule has 8 nitrogen and oxygen atoms in total. The van der Waals surface area contributed by atoms with E-state index in [1.54, 1.807) is 17.0 Å². The standard InChI is InChI=1S/C27H31N3O5/c1-35-27(34)29-13-12-17-10-11-22-24(21(17)15-29)28-25(18-6-3-2-4-7-18)30(22)16-23(31)19-8-5-9-20(14-19)26(32)33/h5,8-11,14,18,23,31H,2-4,6-7,12-13,15-16H2,1H3,(H,32,33)/t23-/m0/s1. The monoisotopic (exact) mass is 477 g/mol. The zero-order valence-corrected chi connectivity index (χ0v) is 19.9. The van der Waals surface area contributed by atoms with Gasteiger partial charge >= 0.3 is 12.1 Å². The van der Waals surface area contributed by atoms with Crippen molar-refractivity contribution in [3.8, 4) is 0 Å². The van der Waals surface area contributed by atoms with E-state index in [9.17, 15) is 19.8 Å². The number of aromatic carboxylic acids is 1. The highest BCUT2D eigenvalue weighted by molar-refractivity contribution is 5.87. The van der Waals surface area contributed by atoms with Crippen molar-refractivity contribution in [3.05, 3.63) is 64.5 Å². The van der Waals surface area contributed by atoms with Crippen molar-refractivity contribution < 1.29 is 24.5 Å². The van der Waals surface area contributed by atoms with Crippen LogP contribution in [0.2, 0.25) is 0 Å². The third kappa shape index (κ3) is 4.50. The zero-order valence-electron chi connectivity index (χ0n) is 19.9. The Bertz CT molecular complexity index is 1260. The molecule has 0 radical (unpaired) electrons. The molecule has 1 atom stereocenters. The molecule has 0 unspecified atom stereocenters. The van der Waals surface area contributed by atoms with E-state index in [-0.39, 0.29) is 18.2 Å². The summed E-state index contributed by atoms with van der Waals surface area (Å²) >= 11 is 0. The molecule has 1 saturated carbocycles.